The fourth-order valence-electron chi connectivity index (χ4n) is 1.90. The molecule has 0 aliphatic carbocycles. The van der Waals surface area contributed by atoms with Crippen LogP contribution in [0.2, 0.25) is 0 Å². The zero-order chi connectivity index (χ0) is 15.5. The van der Waals surface area contributed by atoms with E-state index >= 15 is 0 Å². The summed E-state index contributed by atoms with van der Waals surface area (Å²) in [7, 11) is -3.74. The van der Waals surface area contributed by atoms with Crippen LogP contribution in [0.4, 0.5) is 10.1 Å². The van der Waals surface area contributed by atoms with Crippen molar-refractivity contribution in [3.8, 4) is 5.75 Å². The van der Waals surface area contributed by atoms with E-state index in [-0.39, 0.29) is 16.3 Å². The maximum absolute atomic E-state index is 13.7. The summed E-state index contributed by atoms with van der Waals surface area (Å²) in [5, 5.41) is 0. The Morgan fingerprint density at radius 3 is 2.52 bits per heavy atom. The van der Waals surface area contributed by atoms with Crippen molar-refractivity contribution in [1.82, 2.24) is 0 Å². The van der Waals surface area contributed by atoms with Gasteiger partial charge in [-0.1, -0.05) is 18.2 Å². The molecule has 0 amide bonds. The van der Waals surface area contributed by atoms with Crippen molar-refractivity contribution >= 4 is 15.7 Å². The average molecular weight is 309 g/mol. The third-order valence-electron chi connectivity index (χ3n) is 2.87. The Bertz CT molecular complexity index is 744. The highest BCUT2D eigenvalue weighted by Crippen LogP contribution is 2.24. The van der Waals surface area contributed by atoms with E-state index in [9.17, 15) is 12.8 Å². The van der Waals surface area contributed by atoms with E-state index in [1.165, 1.54) is 18.2 Å². The minimum absolute atomic E-state index is 0.0938. The molecule has 2 rings (SSSR count). The number of halogens is 1. The molecule has 21 heavy (non-hydrogen) atoms. The molecular weight excluding hydrogens is 293 g/mol. The monoisotopic (exact) mass is 309 g/mol. The first kappa shape index (κ1) is 15.3. The predicted molar refractivity (Wildman–Crippen MR) is 79.6 cm³/mol. The van der Waals surface area contributed by atoms with Crippen molar-refractivity contribution in [2.24, 2.45) is 0 Å². The SMILES string of the molecule is CCOc1ccc(NS(=O)(=O)c2ccccc2C)cc1F. The highest BCUT2D eigenvalue weighted by Gasteiger charge is 2.17. The molecule has 0 unspecified atom stereocenters. The molecule has 0 radical (unpaired) electrons. The van der Waals surface area contributed by atoms with Crippen LogP contribution in [0, 0.1) is 12.7 Å². The molecular formula is C15H16FNO3S. The van der Waals surface area contributed by atoms with Gasteiger partial charge in [0.15, 0.2) is 11.6 Å². The standard InChI is InChI=1S/C15H16FNO3S/c1-3-20-14-9-8-12(10-13(14)16)17-21(18,19)15-7-5-4-6-11(15)2/h4-10,17H,3H2,1-2H3. The Morgan fingerprint density at radius 2 is 1.90 bits per heavy atom. The van der Waals surface area contributed by atoms with Crippen LogP contribution in [-0.2, 0) is 10.0 Å². The number of benzene rings is 2. The van der Waals surface area contributed by atoms with Crippen molar-refractivity contribution in [3.05, 3.63) is 53.8 Å². The smallest absolute Gasteiger partial charge is 0.262 e. The van der Waals surface area contributed by atoms with Crippen molar-refractivity contribution < 1.29 is 17.5 Å². The molecule has 6 heteroatoms. The molecule has 4 nitrogen and oxygen atoms in total. The second-order valence-electron chi connectivity index (χ2n) is 4.45. The summed E-state index contributed by atoms with van der Waals surface area (Å²) in [6.07, 6.45) is 0. The number of hydrogen-bond donors (Lipinski definition) is 1. The number of rotatable bonds is 5. The molecule has 0 fully saturated rings. The van der Waals surface area contributed by atoms with Gasteiger partial charge in [0.1, 0.15) is 0 Å². The van der Waals surface area contributed by atoms with E-state index < -0.39 is 15.8 Å². The average Bonchev–Trinajstić information content (AvgIpc) is 2.42. The molecule has 2 aromatic carbocycles. The van der Waals surface area contributed by atoms with Gasteiger partial charge in [-0.05, 0) is 37.6 Å². The molecule has 0 saturated carbocycles. The minimum atomic E-state index is -3.74. The van der Waals surface area contributed by atoms with Gasteiger partial charge in [0, 0.05) is 6.07 Å². The largest absolute Gasteiger partial charge is 0.491 e. The lowest BCUT2D eigenvalue weighted by Crippen LogP contribution is -2.14. The number of nitrogens with one attached hydrogen (secondary N) is 1. The molecule has 1 N–H and O–H groups in total. The molecule has 0 aliphatic rings. The van der Waals surface area contributed by atoms with Crippen LogP contribution in [0.15, 0.2) is 47.4 Å². The highest BCUT2D eigenvalue weighted by molar-refractivity contribution is 7.92. The van der Waals surface area contributed by atoms with Crippen LogP contribution < -0.4 is 9.46 Å². The molecule has 112 valence electrons. The van der Waals surface area contributed by atoms with Crippen LogP contribution in [0.3, 0.4) is 0 Å². The van der Waals surface area contributed by atoms with E-state index in [1.807, 2.05) is 0 Å². The molecule has 0 aromatic heterocycles. The van der Waals surface area contributed by atoms with E-state index in [0.717, 1.165) is 6.07 Å². The molecule has 0 heterocycles. The first-order chi connectivity index (χ1) is 9.94. The summed E-state index contributed by atoms with van der Waals surface area (Å²) < 4.78 is 45.7. The van der Waals surface area contributed by atoms with Crippen molar-refractivity contribution in [1.29, 1.82) is 0 Å². The number of hydrogen-bond acceptors (Lipinski definition) is 3. The topological polar surface area (TPSA) is 55.4 Å². The lowest BCUT2D eigenvalue weighted by Gasteiger charge is -2.11. The van der Waals surface area contributed by atoms with E-state index in [2.05, 4.69) is 4.72 Å². The molecule has 0 aliphatic heterocycles. The number of anilines is 1. The summed E-state index contributed by atoms with van der Waals surface area (Å²) in [6.45, 7) is 3.78. The lowest BCUT2D eigenvalue weighted by molar-refractivity contribution is 0.321. The second kappa shape index (κ2) is 6.13. The summed E-state index contributed by atoms with van der Waals surface area (Å²) in [6, 6.07) is 10.6. The fourth-order valence-corrected chi connectivity index (χ4v) is 3.20. The van der Waals surface area contributed by atoms with Crippen molar-refractivity contribution in [2.45, 2.75) is 18.7 Å². The van der Waals surface area contributed by atoms with Gasteiger partial charge in [-0.3, -0.25) is 4.72 Å². The molecule has 0 saturated heterocycles. The fraction of sp³-hybridized carbons (Fsp3) is 0.200. The maximum atomic E-state index is 13.7. The van der Waals surface area contributed by atoms with Gasteiger partial charge < -0.3 is 4.74 Å². The molecule has 2 aromatic rings. The van der Waals surface area contributed by atoms with Gasteiger partial charge in [0.2, 0.25) is 0 Å². The molecule has 0 spiro atoms. The van der Waals surface area contributed by atoms with E-state index in [4.69, 9.17) is 4.74 Å². The summed E-state index contributed by atoms with van der Waals surface area (Å²) >= 11 is 0. The van der Waals surface area contributed by atoms with Crippen LogP contribution in [0.5, 0.6) is 5.75 Å². The number of ether oxygens (including phenoxy) is 1. The van der Waals surface area contributed by atoms with Crippen LogP contribution in [0.1, 0.15) is 12.5 Å². The normalized spacial score (nSPS) is 11.2. The maximum Gasteiger partial charge on any atom is 0.262 e. The summed E-state index contributed by atoms with van der Waals surface area (Å²) in [5.74, 6) is -0.516. The highest BCUT2D eigenvalue weighted by atomic mass is 32.2. The number of aryl methyl sites for hydroxylation is 1. The van der Waals surface area contributed by atoms with Gasteiger partial charge in [-0.15, -0.1) is 0 Å². The zero-order valence-corrected chi connectivity index (χ0v) is 12.6. The van der Waals surface area contributed by atoms with Crippen LogP contribution in [-0.4, -0.2) is 15.0 Å². The zero-order valence-electron chi connectivity index (χ0n) is 11.8. The predicted octanol–water partition coefficient (Wildman–Crippen LogP) is 3.33. The number of sulfonamides is 1. The summed E-state index contributed by atoms with van der Waals surface area (Å²) in [5.41, 5.74) is 0.774. The Balaban J connectivity index is 2.29. The Hall–Kier alpha value is -2.08. The van der Waals surface area contributed by atoms with E-state index in [0.29, 0.717) is 12.2 Å². The van der Waals surface area contributed by atoms with Crippen LogP contribution >= 0.6 is 0 Å². The Labute approximate surface area is 123 Å². The van der Waals surface area contributed by atoms with Gasteiger partial charge in [-0.2, -0.15) is 0 Å². The minimum Gasteiger partial charge on any atom is -0.491 e. The molecule has 0 bridgehead atoms. The first-order valence-electron chi connectivity index (χ1n) is 6.45. The summed E-state index contributed by atoms with van der Waals surface area (Å²) in [4.78, 5) is 0.166. The molecule has 0 atom stereocenters. The quantitative estimate of drug-likeness (QED) is 0.921. The van der Waals surface area contributed by atoms with Gasteiger partial charge >= 0.3 is 0 Å². The Kier molecular flexibility index (Phi) is 4.47. The second-order valence-corrected chi connectivity index (χ2v) is 6.10. The van der Waals surface area contributed by atoms with Crippen molar-refractivity contribution in [2.75, 3.05) is 11.3 Å². The first-order valence-corrected chi connectivity index (χ1v) is 7.93. The third kappa shape index (κ3) is 3.52. The third-order valence-corrected chi connectivity index (χ3v) is 4.41. The van der Waals surface area contributed by atoms with Gasteiger partial charge in [0.25, 0.3) is 10.0 Å². The van der Waals surface area contributed by atoms with Crippen LogP contribution in [0.25, 0.3) is 0 Å². The lowest BCUT2D eigenvalue weighted by atomic mass is 10.2. The van der Waals surface area contributed by atoms with Gasteiger partial charge in [-0.25, -0.2) is 12.8 Å². The van der Waals surface area contributed by atoms with E-state index in [1.54, 1.807) is 32.0 Å². The Morgan fingerprint density at radius 1 is 1.19 bits per heavy atom. The van der Waals surface area contributed by atoms with Crippen molar-refractivity contribution in [3.63, 3.8) is 0 Å². The van der Waals surface area contributed by atoms with Gasteiger partial charge in [0.05, 0.1) is 17.2 Å².